The zero-order valence-corrected chi connectivity index (χ0v) is 33.7. The van der Waals surface area contributed by atoms with Crippen molar-refractivity contribution in [2.24, 2.45) is 0 Å². The average molecular weight is 718 g/mol. The lowest BCUT2D eigenvalue weighted by atomic mass is 10.0. The second-order valence-corrected chi connectivity index (χ2v) is 14.8. The van der Waals surface area contributed by atoms with Crippen LogP contribution < -0.4 is 5.32 Å². The summed E-state index contributed by atoms with van der Waals surface area (Å²) < 4.78 is 5.87. The number of carbonyl (C=O) groups is 2. The highest BCUT2D eigenvalue weighted by molar-refractivity contribution is 5.77. The quantitative estimate of drug-likeness (QED) is 0.0336. The molecule has 298 valence electrons. The molecule has 0 aromatic rings. The summed E-state index contributed by atoms with van der Waals surface area (Å²) in [5.74, 6) is -0.498. The van der Waals surface area contributed by atoms with Crippen molar-refractivity contribution in [2.75, 3.05) is 6.61 Å². The van der Waals surface area contributed by atoms with Crippen LogP contribution in [0.4, 0.5) is 0 Å². The number of hydrogen-bond donors (Lipinski definition) is 3. The van der Waals surface area contributed by atoms with E-state index < -0.39 is 18.2 Å². The molecule has 1 amide bonds. The van der Waals surface area contributed by atoms with Crippen LogP contribution in [0.5, 0.6) is 0 Å². The van der Waals surface area contributed by atoms with E-state index >= 15 is 0 Å². The molecule has 0 aromatic heterocycles. The highest BCUT2D eigenvalue weighted by Crippen LogP contribution is 2.17. The van der Waals surface area contributed by atoms with E-state index in [4.69, 9.17) is 4.74 Å². The minimum absolute atomic E-state index is 0.0713. The maximum Gasteiger partial charge on any atom is 0.306 e. The largest absolute Gasteiger partial charge is 0.462 e. The van der Waals surface area contributed by atoms with Crippen LogP contribution >= 0.6 is 0 Å². The molecule has 0 aliphatic carbocycles. The SMILES string of the molecule is CC/C=C/C=C/C=C\CCCCCCCC(=O)OC(CCCCCCCCCCC)CC(=O)NC(CO)C(O)CCCCCCCCCCCC. The van der Waals surface area contributed by atoms with Crippen LogP contribution in [-0.4, -0.2) is 46.9 Å². The smallest absolute Gasteiger partial charge is 0.306 e. The molecule has 0 aromatic carbocycles. The maximum atomic E-state index is 13.1. The van der Waals surface area contributed by atoms with Crippen molar-refractivity contribution in [1.82, 2.24) is 5.32 Å². The fourth-order valence-electron chi connectivity index (χ4n) is 6.49. The lowest BCUT2D eigenvalue weighted by Gasteiger charge is -2.24. The van der Waals surface area contributed by atoms with E-state index in [1.165, 1.54) is 89.9 Å². The van der Waals surface area contributed by atoms with Gasteiger partial charge in [-0.3, -0.25) is 9.59 Å². The summed E-state index contributed by atoms with van der Waals surface area (Å²) in [4.78, 5) is 25.9. The van der Waals surface area contributed by atoms with Crippen molar-refractivity contribution in [1.29, 1.82) is 0 Å². The van der Waals surface area contributed by atoms with Crippen LogP contribution in [0, 0.1) is 0 Å². The summed E-state index contributed by atoms with van der Waals surface area (Å²) in [6, 6.07) is -0.699. The number of hydrogen-bond acceptors (Lipinski definition) is 5. The second-order valence-electron chi connectivity index (χ2n) is 14.8. The summed E-state index contributed by atoms with van der Waals surface area (Å²) >= 11 is 0. The van der Waals surface area contributed by atoms with Gasteiger partial charge in [-0.15, -0.1) is 0 Å². The second kappa shape index (κ2) is 39.3. The molecule has 3 N–H and O–H groups in total. The minimum atomic E-state index is -0.785. The van der Waals surface area contributed by atoms with E-state index in [1.54, 1.807) is 0 Å². The van der Waals surface area contributed by atoms with Gasteiger partial charge in [0.1, 0.15) is 6.10 Å². The topological polar surface area (TPSA) is 95.9 Å². The molecule has 0 bridgehead atoms. The number of aliphatic hydroxyl groups is 2. The molecular formula is C45H83NO5. The van der Waals surface area contributed by atoms with Crippen molar-refractivity contribution < 1.29 is 24.5 Å². The highest BCUT2D eigenvalue weighted by atomic mass is 16.5. The van der Waals surface area contributed by atoms with Crippen molar-refractivity contribution >= 4 is 11.9 Å². The normalized spacial score (nSPS) is 13.7. The zero-order chi connectivity index (χ0) is 37.5. The van der Waals surface area contributed by atoms with E-state index in [-0.39, 0.29) is 24.9 Å². The number of aliphatic hydroxyl groups excluding tert-OH is 2. The third-order valence-corrected chi connectivity index (χ3v) is 9.79. The van der Waals surface area contributed by atoms with Gasteiger partial charge in [0.15, 0.2) is 0 Å². The molecule has 0 rings (SSSR count). The van der Waals surface area contributed by atoms with Gasteiger partial charge in [0, 0.05) is 6.42 Å². The first-order chi connectivity index (χ1) is 25.0. The fourth-order valence-corrected chi connectivity index (χ4v) is 6.49. The number of esters is 1. The Morgan fingerprint density at radius 1 is 0.588 bits per heavy atom. The van der Waals surface area contributed by atoms with E-state index in [9.17, 15) is 19.8 Å². The Bertz CT molecular complexity index is 854. The Hall–Kier alpha value is -1.92. The molecule has 6 nitrogen and oxygen atoms in total. The number of amides is 1. The van der Waals surface area contributed by atoms with Crippen molar-refractivity contribution in [3.63, 3.8) is 0 Å². The lowest BCUT2D eigenvalue weighted by molar-refractivity contribution is -0.151. The molecule has 3 unspecified atom stereocenters. The van der Waals surface area contributed by atoms with Gasteiger partial charge in [0.2, 0.25) is 5.91 Å². The van der Waals surface area contributed by atoms with Crippen LogP contribution in [0.15, 0.2) is 36.5 Å². The molecule has 0 spiro atoms. The lowest BCUT2D eigenvalue weighted by Crippen LogP contribution is -2.46. The summed E-state index contributed by atoms with van der Waals surface area (Å²) in [7, 11) is 0. The molecule has 0 aliphatic rings. The van der Waals surface area contributed by atoms with E-state index in [0.29, 0.717) is 19.3 Å². The van der Waals surface area contributed by atoms with Crippen molar-refractivity contribution in [3.05, 3.63) is 36.5 Å². The molecule has 0 saturated carbocycles. The van der Waals surface area contributed by atoms with Crippen LogP contribution in [0.2, 0.25) is 0 Å². The van der Waals surface area contributed by atoms with Crippen LogP contribution in [0.3, 0.4) is 0 Å². The van der Waals surface area contributed by atoms with Crippen LogP contribution in [0.1, 0.15) is 213 Å². The Kier molecular flexibility index (Phi) is 37.8. The molecule has 3 atom stereocenters. The van der Waals surface area contributed by atoms with E-state index in [0.717, 1.165) is 77.0 Å². The standard InChI is InChI=1S/C45H83NO5/c1-4-7-10-13-16-19-21-22-23-26-29-32-35-38-45(50)51-41(36-33-30-27-24-18-15-12-9-6-3)39-44(49)46-42(40-47)43(48)37-34-31-28-25-20-17-14-11-8-5-2/h7,10,13,16,19,21,41-43,47-48H,4-6,8-9,11-12,14-15,17-18,20,22-40H2,1-3H3,(H,46,49)/b10-7+,16-13+,21-19-. The molecule has 6 heteroatoms. The number of nitrogens with one attached hydrogen (secondary N) is 1. The third kappa shape index (κ3) is 34.9. The first-order valence-corrected chi connectivity index (χ1v) is 21.7. The minimum Gasteiger partial charge on any atom is -0.462 e. The molecule has 0 heterocycles. The highest BCUT2D eigenvalue weighted by Gasteiger charge is 2.24. The van der Waals surface area contributed by atoms with Gasteiger partial charge >= 0.3 is 5.97 Å². The average Bonchev–Trinajstić information content (AvgIpc) is 3.12. The predicted molar refractivity (Wildman–Crippen MR) is 218 cm³/mol. The van der Waals surface area contributed by atoms with Gasteiger partial charge in [0.25, 0.3) is 0 Å². The zero-order valence-electron chi connectivity index (χ0n) is 33.7. The summed E-state index contributed by atoms with van der Waals surface area (Å²) in [5, 5.41) is 23.5. The predicted octanol–water partition coefficient (Wildman–Crippen LogP) is 12.2. The van der Waals surface area contributed by atoms with Crippen molar-refractivity contribution in [3.8, 4) is 0 Å². The van der Waals surface area contributed by atoms with E-state index in [2.05, 4.69) is 62.5 Å². The van der Waals surface area contributed by atoms with Gasteiger partial charge in [-0.25, -0.2) is 0 Å². The molecule has 0 fully saturated rings. The molecule has 0 aliphatic heterocycles. The van der Waals surface area contributed by atoms with Crippen molar-refractivity contribution in [2.45, 2.75) is 232 Å². The first kappa shape index (κ1) is 49.1. The van der Waals surface area contributed by atoms with Gasteiger partial charge in [-0.1, -0.05) is 192 Å². The Labute approximate surface area is 315 Å². The Morgan fingerprint density at radius 2 is 1.06 bits per heavy atom. The number of ether oxygens (including phenoxy) is 1. The summed E-state index contributed by atoms with van der Waals surface area (Å²) in [5.41, 5.74) is 0. The molecule has 51 heavy (non-hydrogen) atoms. The Balaban J connectivity index is 4.58. The summed E-state index contributed by atoms with van der Waals surface area (Å²) in [6.45, 7) is 6.30. The Morgan fingerprint density at radius 3 is 1.59 bits per heavy atom. The molecule has 0 radical (unpaired) electrons. The molecule has 0 saturated heterocycles. The van der Waals surface area contributed by atoms with Crippen LogP contribution in [-0.2, 0) is 14.3 Å². The monoisotopic (exact) mass is 718 g/mol. The van der Waals surface area contributed by atoms with Gasteiger partial charge < -0.3 is 20.3 Å². The van der Waals surface area contributed by atoms with Gasteiger partial charge in [0.05, 0.1) is 25.2 Å². The number of allylic oxidation sites excluding steroid dienone is 6. The first-order valence-electron chi connectivity index (χ1n) is 21.7. The maximum absolute atomic E-state index is 13.1. The molecular weight excluding hydrogens is 634 g/mol. The van der Waals surface area contributed by atoms with Crippen LogP contribution in [0.25, 0.3) is 0 Å². The third-order valence-electron chi connectivity index (χ3n) is 9.79. The van der Waals surface area contributed by atoms with E-state index in [1.807, 2.05) is 0 Å². The van der Waals surface area contributed by atoms with Gasteiger partial charge in [-0.2, -0.15) is 0 Å². The fraction of sp³-hybridized carbons (Fsp3) is 0.822. The van der Waals surface area contributed by atoms with Gasteiger partial charge in [-0.05, 0) is 44.9 Å². The number of carbonyl (C=O) groups excluding carboxylic acids is 2. The number of unbranched alkanes of at least 4 members (excludes halogenated alkanes) is 22. The number of rotatable bonds is 38. The summed E-state index contributed by atoms with van der Waals surface area (Å²) in [6.07, 6.45) is 43.5.